The minimum absolute atomic E-state index is 0.109. The number of amides is 1. The van der Waals surface area contributed by atoms with Crippen molar-refractivity contribution in [3.8, 4) is 5.75 Å². The first-order chi connectivity index (χ1) is 16.7. The zero-order valence-electron chi connectivity index (χ0n) is 19.0. The maximum Gasteiger partial charge on any atom is 0.389 e. The van der Waals surface area contributed by atoms with Crippen LogP contribution in [0.25, 0.3) is 5.78 Å². The highest BCUT2D eigenvalue weighted by molar-refractivity contribution is 5.80. The number of esters is 1. The summed E-state index contributed by atoms with van der Waals surface area (Å²) >= 11 is 0. The molecular weight excluding hydrogens is 465 g/mol. The lowest BCUT2D eigenvalue weighted by atomic mass is 9.84. The number of ether oxygens (including phenoxy) is 2. The number of nitrogens with zero attached hydrogens (tertiary/aromatic N) is 3. The van der Waals surface area contributed by atoms with E-state index in [2.05, 4.69) is 15.3 Å². The van der Waals surface area contributed by atoms with Crippen LogP contribution in [-0.2, 0) is 33.7 Å². The molecule has 8 nitrogen and oxygen atoms in total. The quantitative estimate of drug-likeness (QED) is 0.487. The zero-order chi connectivity index (χ0) is 25.0. The van der Waals surface area contributed by atoms with Gasteiger partial charge in [0.25, 0.3) is 0 Å². The van der Waals surface area contributed by atoms with Crippen LogP contribution in [0.3, 0.4) is 0 Å². The van der Waals surface area contributed by atoms with E-state index < -0.39 is 42.9 Å². The Morgan fingerprint density at radius 3 is 2.89 bits per heavy atom. The first-order valence-electron chi connectivity index (χ1n) is 11.2. The van der Waals surface area contributed by atoms with Gasteiger partial charge < -0.3 is 14.8 Å². The van der Waals surface area contributed by atoms with Crippen LogP contribution in [0.1, 0.15) is 30.2 Å². The van der Waals surface area contributed by atoms with Gasteiger partial charge in [0.05, 0.1) is 25.3 Å². The molecule has 186 valence electrons. The van der Waals surface area contributed by atoms with Crippen molar-refractivity contribution in [2.75, 3.05) is 13.2 Å². The van der Waals surface area contributed by atoms with E-state index in [4.69, 9.17) is 9.47 Å². The van der Waals surface area contributed by atoms with Gasteiger partial charge in [-0.1, -0.05) is 6.07 Å². The predicted molar refractivity (Wildman–Crippen MR) is 118 cm³/mol. The van der Waals surface area contributed by atoms with Crippen LogP contribution in [0.2, 0.25) is 0 Å². The lowest BCUT2D eigenvalue weighted by Gasteiger charge is -2.25. The Hall–Kier alpha value is -3.63. The Labute approximate surface area is 199 Å². The molecule has 0 saturated carbocycles. The normalized spacial score (nSPS) is 16.8. The van der Waals surface area contributed by atoms with E-state index >= 15 is 0 Å². The molecule has 1 N–H and O–H groups in total. The van der Waals surface area contributed by atoms with Crippen LogP contribution in [0.15, 0.2) is 42.9 Å². The summed E-state index contributed by atoms with van der Waals surface area (Å²) in [5.74, 6) is -2.15. The van der Waals surface area contributed by atoms with Gasteiger partial charge in [-0.25, -0.2) is 9.97 Å². The largest absolute Gasteiger partial charge is 0.493 e. The molecule has 2 unspecified atom stereocenters. The fourth-order valence-corrected chi connectivity index (χ4v) is 4.19. The van der Waals surface area contributed by atoms with Crippen molar-refractivity contribution in [1.82, 2.24) is 19.7 Å². The molecule has 0 aliphatic carbocycles. The van der Waals surface area contributed by atoms with E-state index in [1.54, 1.807) is 24.4 Å². The van der Waals surface area contributed by atoms with Gasteiger partial charge >= 0.3 is 12.1 Å². The molecule has 0 bridgehead atoms. The Bertz CT molecular complexity index is 1180. The van der Waals surface area contributed by atoms with Crippen LogP contribution < -0.4 is 10.1 Å². The van der Waals surface area contributed by atoms with Crippen molar-refractivity contribution in [3.05, 3.63) is 59.7 Å². The van der Waals surface area contributed by atoms with E-state index in [1.807, 2.05) is 22.9 Å². The number of aromatic nitrogens is 3. The standard InChI is InChI=1S/C24H25F3N4O4/c1-15(32)35-14-18(11-24(25,26)27)21-10-16-3-4-20(9-17(16)12-29-22(21)33)34-8-5-19-13-31-7-2-6-28-23(31)30-19/h2-4,6-7,9,13,18,21H,5,8,10-12,14H2,1H3,(H,29,33). The van der Waals surface area contributed by atoms with Crippen molar-refractivity contribution in [2.45, 2.75) is 38.9 Å². The third-order valence-electron chi connectivity index (χ3n) is 5.88. The molecule has 3 heterocycles. The Morgan fingerprint density at radius 1 is 1.31 bits per heavy atom. The Morgan fingerprint density at radius 2 is 2.14 bits per heavy atom. The van der Waals surface area contributed by atoms with E-state index in [-0.39, 0.29) is 13.0 Å². The number of nitrogens with one attached hydrogen (secondary N) is 1. The van der Waals surface area contributed by atoms with Gasteiger partial charge in [-0.2, -0.15) is 13.2 Å². The van der Waals surface area contributed by atoms with Crippen molar-refractivity contribution >= 4 is 17.7 Å². The van der Waals surface area contributed by atoms with Crippen molar-refractivity contribution in [2.24, 2.45) is 11.8 Å². The van der Waals surface area contributed by atoms with Gasteiger partial charge in [0, 0.05) is 50.3 Å². The SMILES string of the molecule is CC(=O)OCC(CC(F)(F)F)C1Cc2ccc(OCCc3cn4cccnc4n3)cc2CNC1=O. The number of imidazole rings is 1. The van der Waals surface area contributed by atoms with Gasteiger partial charge in [-0.05, 0) is 35.7 Å². The van der Waals surface area contributed by atoms with Crippen molar-refractivity contribution in [3.63, 3.8) is 0 Å². The van der Waals surface area contributed by atoms with Gasteiger partial charge in [-0.15, -0.1) is 0 Å². The van der Waals surface area contributed by atoms with Crippen LogP contribution in [-0.4, -0.2) is 45.6 Å². The van der Waals surface area contributed by atoms with Crippen LogP contribution in [0.5, 0.6) is 5.75 Å². The summed E-state index contributed by atoms with van der Waals surface area (Å²) in [7, 11) is 0. The Kier molecular flexibility index (Phi) is 7.23. The number of carbonyl (C=O) groups is 2. The highest BCUT2D eigenvalue weighted by atomic mass is 19.4. The number of hydrogen-bond donors (Lipinski definition) is 1. The maximum absolute atomic E-state index is 13.2. The summed E-state index contributed by atoms with van der Waals surface area (Å²) < 4.78 is 52.0. The highest BCUT2D eigenvalue weighted by Crippen LogP contribution is 2.33. The molecule has 3 aromatic rings. The van der Waals surface area contributed by atoms with Gasteiger partial charge in [0.1, 0.15) is 5.75 Å². The summed E-state index contributed by atoms with van der Waals surface area (Å²) in [6.07, 6.45) is 0.378. The second kappa shape index (κ2) is 10.3. The molecule has 0 saturated heterocycles. The molecule has 1 aliphatic heterocycles. The molecule has 2 aromatic heterocycles. The van der Waals surface area contributed by atoms with Crippen LogP contribution in [0.4, 0.5) is 13.2 Å². The average Bonchev–Trinajstić information content (AvgIpc) is 3.14. The second-order valence-electron chi connectivity index (χ2n) is 8.50. The van der Waals surface area contributed by atoms with E-state index in [0.717, 1.165) is 23.7 Å². The Balaban J connectivity index is 1.42. The predicted octanol–water partition coefficient (Wildman–Crippen LogP) is 3.27. The van der Waals surface area contributed by atoms with Gasteiger partial charge in [-0.3, -0.25) is 14.0 Å². The summed E-state index contributed by atoms with van der Waals surface area (Å²) in [5.41, 5.74) is 2.35. The molecule has 4 rings (SSSR count). The minimum atomic E-state index is -4.49. The molecule has 2 atom stereocenters. The highest BCUT2D eigenvalue weighted by Gasteiger charge is 2.40. The molecule has 0 radical (unpaired) electrons. The van der Waals surface area contributed by atoms with E-state index in [0.29, 0.717) is 24.6 Å². The summed E-state index contributed by atoms with van der Waals surface area (Å²) in [6.45, 7) is 1.20. The van der Waals surface area contributed by atoms with Crippen LogP contribution in [0, 0.1) is 11.8 Å². The first kappa shape index (κ1) is 24.5. The summed E-state index contributed by atoms with van der Waals surface area (Å²) in [6, 6.07) is 7.11. The van der Waals surface area contributed by atoms with Crippen molar-refractivity contribution < 1.29 is 32.2 Å². The van der Waals surface area contributed by atoms with E-state index in [9.17, 15) is 22.8 Å². The maximum atomic E-state index is 13.2. The van der Waals surface area contributed by atoms with Crippen LogP contribution >= 0.6 is 0 Å². The molecule has 0 fully saturated rings. The molecule has 11 heteroatoms. The number of fused-ring (bicyclic) bond motifs is 2. The number of benzene rings is 1. The van der Waals surface area contributed by atoms with Gasteiger partial charge in [0.15, 0.2) is 0 Å². The molecule has 35 heavy (non-hydrogen) atoms. The number of hydrogen-bond acceptors (Lipinski definition) is 6. The fourth-order valence-electron chi connectivity index (χ4n) is 4.19. The topological polar surface area (TPSA) is 94.8 Å². The van der Waals surface area contributed by atoms with E-state index in [1.165, 1.54) is 0 Å². The first-order valence-corrected chi connectivity index (χ1v) is 11.2. The third kappa shape index (κ3) is 6.49. The van der Waals surface area contributed by atoms with Gasteiger partial charge in [0.2, 0.25) is 11.7 Å². The molecule has 1 aliphatic rings. The minimum Gasteiger partial charge on any atom is -0.493 e. The second-order valence-corrected chi connectivity index (χ2v) is 8.50. The molecule has 1 amide bonds. The fraction of sp³-hybridized carbons (Fsp3) is 0.417. The number of alkyl halides is 3. The monoisotopic (exact) mass is 490 g/mol. The summed E-state index contributed by atoms with van der Waals surface area (Å²) in [4.78, 5) is 32.5. The number of halogens is 3. The lowest BCUT2D eigenvalue weighted by Crippen LogP contribution is -2.38. The summed E-state index contributed by atoms with van der Waals surface area (Å²) in [5, 5.41) is 2.71. The van der Waals surface area contributed by atoms with Crippen molar-refractivity contribution in [1.29, 1.82) is 0 Å². The lowest BCUT2D eigenvalue weighted by molar-refractivity contribution is -0.163. The number of rotatable bonds is 8. The molecule has 1 aromatic carbocycles. The average molecular weight is 490 g/mol. The number of carbonyl (C=O) groups excluding carboxylic acids is 2. The zero-order valence-corrected chi connectivity index (χ0v) is 19.0. The smallest absolute Gasteiger partial charge is 0.389 e. The molecular formula is C24H25F3N4O4. The molecule has 0 spiro atoms. The third-order valence-corrected chi connectivity index (χ3v) is 5.88.